The maximum Gasteiger partial charge on any atom is 0.192 e. The molecule has 0 unspecified atom stereocenters. The number of allylic oxidation sites excluding steroid dienone is 1. The molecule has 0 radical (unpaired) electrons. The standard InChI is InChI=1S/C6H13N3.C2H6/c1-3-4-5-9-6(7)8-2;1-2/h4-5H,3H2,1-2H3,(H3,7,8,9);1-2H3/b5-4-;. The Balaban J connectivity index is 0. The normalized spacial score (nSPS) is 10.7. The van der Waals surface area contributed by atoms with Crippen molar-refractivity contribution in [3.05, 3.63) is 12.3 Å². The predicted molar refractivity (Wildman–Crippen MR) is 51.5 cm³/mol. The lowest BCUT2D eigenvalue weighted by Crippen LogP contribution is -2.26. The molecule has 3 heteroatoms. The first-order valence-corrected chi connectivity index (χ1v) is 3.95. The minimum atomic E-state index is 0.444. The second kappa shape index (κ2) is 11.8. The van der Waals surface area contributed by atoms with E-state index in [2.05, 4.69) is 17.2 Å². The van der Waals surface area contributed by atoms with Crippen molar-refractivity contribution in [3.8, 4) is 0 Å². The topological polar surface area (TPSA) is 50.4 Å². The molecule has 0 fully saturated rings. The third kappa shape index (κ3) is 12.3. The fourth-order valence-corrected chi connectivity index (χ4v) is 0.327. The van der Waals surface area contributed by atoms with Crippen molar-refractivity contribution in [1.82, 2.24) is 5.32 Å². The molecule has 3 nitrogen and oxygen atoms in total. The van der Waals surface area contributed by atoms with E-state index in [4.69, 9.17) is 5.73 Å². The number of aliphatic imine (C=N–C) groups is 1. The highest BCUT2D eigenvalue weighted by molar-refractivity contribution is 5.78. The molecule has 0 spiro atoms. The van der Waals surface area contributed by atoms with E-state index in [9.17, 15) is 0 Å². The van der Waals surface area contributed by atoms with E-state index < -0.39 is 0 Å². The van der Waals surface area contributed by atoms with Gasteiger partial charge in [-0.1, -0.05) is 26.8 Å². The van der Waals surface area contributed by atoms with Crippen LogP contribution in [0.15, 0.2) is 17.3 Å². The zero-order valence-electron chi connectivity index (χ0n) is 7.89. The molecule has 0 aliphatic carbocycles. The van der Waals surface area contributed by atoms with Crippen molar-refractivity contribution in [3.63, 3.8) is 0 Å². The van der Waals surface area contributed by atoms with Gasteiger partial charge in [0.1, 0.15) is 0 Å². The second-order valence-electron chi connectivity index (χ2n) is 1.56. The van der Waals surface area contributed by atoms with E-state index in [1.54, 1.807) is 13.2 Å². The Morgan fingerprint density at radius 3 is 2.45 bits per heavy atom. The van der Waals surface area contributed by atoms with Crippen molar-refractivity contribution in [1.29, 1.82) is 0 Å². The summed E-state index contributed by atoms with van der Waals surface area (Å²) in [6.45, 7) is 6.05. The highest BCUT2D eigenvalue weighted by Gasteiger charge is 1.77. The quantitative estimate of drug-likeness (QED) is 0.471. The van der Waals surface area contributed by atoms with E-state index in [1.807, 2.05) is 19.9 Å². The number of hydrogen-bond acceptors (Lipinski definition) is 1. The first-order valence-electron chi connectivity index (χ1n) is 3.95. The van der Waals surface area contributed by atoms with Gasteiger partial charge in [-0.3, -0.25) is 4.99 Å². The van der Waals surface area contributed by atoms with Gasteiger partial charge in [-0.25, -0.2) is 0 Å². The number of rotatable bonds is 2. The Labute approximate surface area is 69.4 Å². The number of nitrogens with one attached hydrogen (secondary N) is 1. The molecule has 0 saturated heterocycles. The maximum atomic E-state index is 5.30. The van der Waals surface area contributed by atoms with Gasteiger partial charge in [0.2, 0.25) is 0 Å². The van der Waals surface area contributed by atoms with Gasteiger partial charge in [0.05, 0.1) is 0 Å². The summed E-state index contributed by atoms with van der Waals surface area (Å²) in [5.41, 5.74) is 5.30. The molecule has 0 aromatic carbocycles. The minimum Gasteiger partial charge on any atom is -0.370 e. The van der Waals surface area contributed by atoms with Crippen LogP contribution in [0.4, 0.5) is 0 Å². The molecule has 0 aliphatic heterocycles. The van der Waals surface area contributed by atoms with Gasteiger partial charge < -0.3 is 11.1 Å². The van der Waals surface area contributed by atoms with Gasteiger partial charge >= 0.3 is 0 Å². The third-order valence-electron chi connectivity index (χ3n) is 0.826. The number of guanidine groups is 1. The largest absolute Gasteiger partial charge is 0.370 e. The van der Waals surface area contributed by atoms with E-state index in [0.717, 1.165) is 6.42 Å². The van der Waals surface area contributed by atoms with Crippen molar-refractivity contribution in [2.24, 2.45) is 10.7 Å². The Morgan fingerprint density at radius 1 is 1.55 bits per heavy atom. The average Bonchev–Trinajstić information content (AvgIpc) is 2.08. The van der Waals surface area contributed by atoms with Crippen molar-refractivity contribution < 1.29 is 0 Å². The zero-order valence-corrected chi connectivity index (χ0v) is 7.89. The van der Waals surface area contributed by atoms with E-state index >= 15 is 0 Å². The van der Waals surface area contributed by atoms with Gasteiger partial charge in [-0.2, -0.15) is 0 Å². The summed E-state index contributed by atoms with van der Waals surface area (Å²) < 4.78 is 0. The fraction of sp³-hybridized carbons (Fsp3) is 0.625. The summed E-state index contributed by atoms with van der Waals surface area (Å²) in [5, 5.41) is 2.78. The van der Waals surface area contributed by atoms with Gasteiger partial charge in [0, 0.05) is 7.05 Å². The molecule has 0 aliphatic rings. The van der Waals surface area contributed by atoms with Crippen LogP contribution >= 0.6 is 0 Å². The predicted octanol–water partition coefficient (Wildman–Crippen LogP) is 1.47. The monoisotopic (exact) mass is 157 g/mol. The summed E-state index contributed by atoms with van der Waals surface area (Å²) in [4.78, 5) is 3.69. The van der Waals surface area contributed by atoms with Gasteiger partial charge in [0.15, 0.2) is 5.96 Å². The minimum absolute atomic E-state index is 0.444. The summed E-state index contributed by atoms with van der Waals surface area (Å²) in [7, 11) is 1.64. The van der Waals surface area contributed by atoms with Crippen LogP contribution in [0.25, 0.3) is 0 Å². The van der Waals surface area contributed by atoms with Crippen LogP contribution in [-0.4, -0.2) is 13.0 Å². The molecule has 0 bridgehead atoms. The molecule has 11 heavy (non-hydrogen) atoms. The van der Waals surface area contributed by atoms with Crippen molar-refractivity contribution in [2.75, 3.05) is 7.05 Å². The Hall–Kier alpha value is -0.990. The molecule has 0 saturated carbocycles. The molecule has 0 aromatic heterocycles. The van der Waals surface area contributed by atoms with E-state index in [0.29, 0.717) is 5.96 Å². The maximum absolute atomic E-state index is 5.30. The first-order chi connectivity index (χ1) is 5.31. The third-order valence-corrected chi connectivity index (χ3v) is 0.826. The number of nitrogens with two attached hydrogens (primary N) is 1. The van der Waals surface area contributed by atoms with Crippen LogP contribution in [0.5, 0.6) is 0 Å². The summed E-state index contributed by atoms with van der Waals surface area (Å²) in [5.74, 6) is 0.444. The SMILES string of the molecule is CC.CC/C=C\NC(N)=NC. The molecule has 0 atom stereocenters. The highest BCUT2D eigenvalue weighted by Crippen LogP contribution is 1.73. The van der Waals surface area contributed by atoms with Crippen LogP contribution in [0.2, 0.25) is 0 Å². The Kier molecular flexibility index (Phi) is 13.5. The molecule has 0 amide bonds. The Bertz CT molecular complexity index is 117. The number of nitrogens with zero attached hydrogens (tertiary/aromatic N) is 1. The molecular formula is C8H19N3. The molecule has 0 heterocycles. The summed E-state index contributed by atoms with van der Waals surface area (Å²) in [6, 6.07) is 0. The molecule has 66 valence electrons. The van der Waals surface area contributed by atoms with Crippen LogP contribution < -0.4 is 11.1 Å². The zero-order chi connectivity index (χ0) is 9.11. The lowest BCUT2D eigenvalue weighted by molar-refractivity contribution is 1.14. The van der Waals surface area contributed by atoms with E-state index in [-0.39, 0.29) is 0 Å². The van der Waals surface area contributed by atoms with Gasteiger partial charge in [0.25, 0.3) is 0 Å². The molecule has 3 N–H and O–H groups in total. The van der Waals surface area contributed by atoms with Gasteiger partial charge in [-0.05, 0) is 12.6 Å². The number of hydrogen-bond donors (Lipinski definition) is 2. The Morgan fingerprint density at radius 2 is 2.09 bits per heavy atom. The van der Waals surface area contributed by atoms with E-state index in [1.165, 1.54) is 0 Å². The van der Waals surface area contributed by atoms with Gasteiger partial charge in [-0.15, -0.1) is 0 Å². The van der Waals surface area contributed by atoms with Crippen LogP contribution in [0.3, 0.4) is 0 Å². The molecule has 0 rings (SSSR count). The smallest absolute Gasteiger partial charge is 0.192 e. The van der Waals surface area contributed by atoms with Crippen LogP contribution in [0, 0.1) is 0 Å². The van der Waals surface area contributed by atoms with Crippen molar-refractivity contribution in [2.45, 2.75) is 27.2 Å². The first kappa shape index (κ1) is 12.7. The summed E-state index contributed by atoms with van der Waals surface area (Å²) >= 11 is 0. The van der Waals surface area contributed by atoms with Crippen LogP contribution in [-0.2, 0) is 0 Å². The summed E-state index contributed by atoms with van der Waals surface area (Å²) in [6.07, 6.45) is 4.75. The van der Waals surface area contributed by atoms with Crippen LogP contribution in [0.1, 0.15) is 27.2 Å². The molecular weight excluding hydrogens is 138 g/mol. The fourth-order valence-electron chi connectivity index (χ4n) is 0.327. The molecule has 0 aromatic rings. The lowest BCUT2D eigenvalue weighted by Gasteiger charge is -1.94. The lowest BCUT2D eigenvalue weighted by atomic mass is 10.5. The average molecular weight is 157 g/mol. The second-order valence-corrected chi connectivity index (χ2v) is 1.56. The van der Waals surface area contributed by atoms with Crippen molar-refractivity contribution >= 4 is 5.96 Å². The highest BCUT2D eigenvalue weighted by atomic mass is 15.1.